The van der Waals surface area contributed by atoms with Gasteiger partial charge in [-0.05, 0) is 35.9 Å². The summed E-state index contributed by atoms with van der Waals surface area (Å²) < 4.78 is 5.33. The van der Waals surface area contributed by atoms with Crippen LogP contribution in [-0.4, -0.2) is 16.2 Å². The molecule has 6 nitrogen and oxygen atoms in total. The maximum absolute atomic E-state index is 11.9. The van der Waals surface area contributed by atoms with E-state index in [9.17, 15) is 4.79 Å². The molecule has 0 saturated heterocycles. The molecule has 0 bridgehead atoms. The lowest BCUT2D eigenvalue weighted by atomic mass is 10.2. The summed E-state index contributed by atoms with van der Waals surface area (Å²) in [5.41, 5.74) is 1.60. The molecule has 2 N–H and O–H groups in total. The molecule has 7 heteroatoms. The fourth-order valence-corrected chi connectivity index (χ4v) is 2.00. The number of anilines is 2. The maximum atomic E-state index is 11.9. The van der Waals surface area contributed by atoms with Gasteiger partial charge in [0.05, 0.1) is 0 Å². The van der Waals surface area contributed by atoms with Crippen molar-refractivity contribution in [1.29, 1.82) is 0 Å². The normalized spacial score (nSPS) is 10.7. The van der Waals surface area contributed by atoms with Gasteiger partial charge in [0.25, 0.3) is 0 Å². The Labute approximate surface area is 143 Å². The number of carbonyl (C=O) groups excluding carboxylic acids is 1. The average Bonchev–Trinajstić information content (AvgIpc) is 3.03. The minimum atomic E-state index is -0.487. The number of amides is 2. The van der Waals surface area contributed by atoms with E-state index in [1.807, 2.05) is 36.4 Å². The van der Waals surface area contributed by atoms with Crippen molar-refractivity contribution in [2.75, 3.05) is 10.6 Å². The van der Waals surface area contributed by atoms with Gasteiger partial charge in [0.15, 0.2) is 0 Å². The molecule has 0 aliphatic rings. The van der Waals surface area contributed by atoms with Crippen LogP contribution in [0, 0.1) is 0 Å². The summed E-state index contributed by atoms with van der Waals surface area (Å²) >= 11 is 5.79. The molecular formula is C17H13ClN4O2. The summed E-state index contributed by atoms with van der Waals surface area (Å²) in [5, 5.41) is 13.3. The molecule has 0 spiro atoms. The molecule has 0 aliphatic carbocycles. The van der Waals surface area contributed by atoms with Gasteiger partial charge in [-0.25, -0.2) is 4.79 Å². The van der Waals surface area contributed by atoms with Gasteiger partial charge in [-0.1, -0.05) is 47.0 Å². The molecule has 0 atom stereocenters. The van der Waals surface area contributed by atoms with E-state index < -0.39 is 6.03 Å². The lowest BCUT2D eigenvalue weighted by molar-refractivity contribution is 0.261. The van der Waals surface area contributed by atoms with Crippen LogP contribution in [0.15, 0.2) is 59.0 Å². The quantitative estimate of drug-likeness (QED) is 0.730. The van der Waals surface area contributed by atoms with E-state index in [1.165, 1.54) is 0 Å². The van der Waals surface area contributed by atoms with Crippen LogP contribution < -0.4 is 10.6 Å². The van der Waals surface area contributed by atoms with Crippen molar-refractivity contribution < 1.29 is 9.21 Å². The minimum absolute atomic E-state index is 0.00850. The molecule has 3 aromatic rings. The Kier molecular flexibility index (Phi) is 4.88. The number of aromatic nitrogens is 2. The number of nitrogens with one attached hydrogen (secondary N) is 2. The van der Waals surface area contributed by atoms with Crippen LogP contribution >= 0.6 is 11.6 Å². The van der Waals surface area contributed by atoms with E-state index in [0.29, 0.717) is 16.6 Å². The van der Waals surface area contributed by atoms with Crippen molar-refractivity contribution in [3.63, 3.8) is 0 Å². The predicted molar refractivity (Wildman–Crippen MR) is 93.8 cm³/mol. The van der Waals surface area contributed by atoms with Crippen LogP contribution in [0.1, 0.15) is 11.5 Å². The third-order valence-electron chi connectivity index (χ3n) is 2.98. The number of halogens is 1. The first-order valence-corrected chi connectivity index (χ1v) is 7.47. The molecule has 120 valence electrons. The van der Waals surface area contributed by atoms with E-state index in [0.717, 1.165) is 5.56 Å². The van der Waals surface area contributed by atoms with Gasteiger partial charge in [0.2, 0.25) is 5.89 Å². The highest BCUT2D eigenvalue weighted by atomic mass is 35.5. The Morgan fingerprint density at radius 1 is 0.958 bits per heavy atom. The largest absolute Gasteiger partial charge is 0.404 e. The lowest BCUT2D eigenvalue weighted by Crippen LogP contribution is -2.19. The molecule has 2 aromatic carbocycles. The monoisotopic (exact) mass is 340 g/mol. The first-order chi connectivity index (χ1) is 11.7. The molecule has 3 rings (SSSR count). The van der Waals surface area contributed by atoms with Crippen molar-refractivity contribution in [3.8, 4) is 0 Å². The van der Waals surface area contributed by atoms with Gasteiger partial charge in [0, 0.05) is 16.8 Å². The van der Waals surface area contributed by atoms with Crippen molar-refractivity contribution in [2.24, 2.45) is 0 Å². The SMILES string of the molecule is O=C(Nc1ccc(Cl)cc1)Nc1nnc(/C=C/c2ccccc2)o1. The van der Waals surface area contributed by atoms with E-state index in [1.54, 1.807) is 30.3 Å². The highest BCUT2D eigenvalue weighted by Gasteiger charge is 2.08. The second-order valence-electron chi connectivity index (χ2n) is 4.78. The number of rotatable bonds is 4. The number of hydrogen-bond donors (Lipinski definition) is 2. The first-order valence-electron chi connectivity index (χ1n) is 7.09. The highest BCUT2D eigenvalue weighted by molar-refractivity contribution is 6.30. The van der Waals surface area contributed by atoms with Gasteiger partial charge in [-0.2, -0.15) is 0 Å². The van der Waals surface area contributed by atoms with Gasteiger partial charge >= 0.3 is 12.0 Å². The molecule has 0 aliphatic heterocycles. The summed E-state index contributed by atoms with van der Waals surface area (Å²) in [4.78, 5) is 11.9. The van der Waals surface area contributed by atoms with Crippen molar-refractivity contribution >= 4 is 41.5 Å². The summed E-state index contributed by atoms with van der Waals surface area (Å²) in [6, 6.07) is 15.9. The smallest absolute Gasteiger partial charge is 0.327 e. The second kappa shape index (κ2) is 7.43. The first kappa shape index (κ1) is 15.8. The number of hydrogen-bond acceptors (Lipinski definition) is 4. The van der Waals surface area contributed by atoms with Gasteiger partial charge in [0.1, 0.15) is 0 Å². The third kappa shape index (κ3) is 4.44. The Bertz CT molecular complexity index is 845. The second-order valence-corrected chi connectivity index (χ2v) is 5.21. The van der Waals surface area contributed by atoms with Gasteiger partial charge in [-0.15, -0.1) is 5.10 Å². The minimum Gasteiger partial charge on any atom is -0.404 e. The topological polar surface area (TPSA) is 80.0 Å². The number of nitrogens with zero attached hydrogens (tertiary/aromatic N) is 2. The summed E-state index contributed by atoms with van der Waals surface area (Å²) in [7, 11) is 0. The lowest BCUT2D eigenvalue weighted by Gasteiger charge is -2.04. The molecule has 24 heavy (non-hydrogen) atoms. The zero-order valence-corrected chi connectivity index (χ0v) is 13.2. The van der Waals surface area contributed by atoms with Gasteiger partial charge < -0.3 is 9.73 Å². The van der Waals surface area contributed by atoms with Crippen LogP contribution in [0.2, 0.25) is 5.02 Å². The van der Waals surface area contributed by atoms with Crippen molar-refractivity contribution in [1.82, 2.24) is 10.2 Å². The number of urea groups is 1. The fraction of sp³-hybridized carbons (Fsp3) is 0. The van der Waals surface area contributed by atoms with E-state index in [2.05, 4.69) is 20.8 Å². The van der Waals surface area contributed by atoms with E-state index in [4.69, 9.17) is 16.0 Å². The summed E-state index contributed by atoms with van der Waals surface area (Å²) in [6.45, 7) is 0. The maximum Gasteiger partial charge on any atom is 0.327 e. The highest BCUT2D eigenvalue weighted by Crippen LogP contribution is 2.14. The molecule has 0 unspecified atom stereocenters. The third-order valence-corrected chi connectivity index (χ3v) is 3.23. The standard InChI is InChI=1S/C17H13ClN4O2/c18-13-7-9-14(10-8-13)19-16(23)20-17-22-21-15(24-17)11-6-12-4-2-1-3-5-12/h1-11H,(H2,19,20,22,23)/b11-6+. The van der Waals surface area contributed by atoms with Crippen LogP contribution in [-0.2, 0) is 0 Å². The Morgan fingerprint density at radius 3 is 2.46 bits per heavy atom. The Balaban J connectivity index is 1.58. The Hall–Kier alpha value is -3.12. The van der Waals surface area contributed by atoms with Crippen LogP contribution in [0.25, 0.3) is 12.2 Å². The van der Waals surface area contributed by atoms with Crippen LogP contribution in [0.5, 0.6) is 0 Å². The van der Waals surface area contributed by atoms with Gasteiger partial charge in [-0.3, -0.25) is 5.32 Å². The number of benzene rings is 2. The van der Waals surface area contributed by atoms with E-state index >= 15 is 0 Å². The zero-order chi connectivity index (χ0) is 16.8. The Morgan fingerprint density at radius 2 is 1.71 bits per heavy atom. The average molecular weight is 341 g/mol. The molecule has 0 fully saturated rings. The molecule has 1 aromatic heterocycles. The molecule has 0 radical (unpaired) electrons. The summed E-state index contributed by atoms with van der Waals surface area (Å²) in [5.74, 6) is 0.292. The van der Waals surface area contributed by atoms with Crippen LogP contribution in [0.4, 0.5) is 16.5 Å². The summed E-state index contributed by atoms with van der Waals surface area (Å²) in [6.07, 6.45) is 3.51. The molecule has 1 heterocycles. The molecular weight excluding hydrogens is 328 g/mol. The molecule has 2 amide bonds. The predicted octanol–water partition coefficient (Wildman–Crippen LogP) is 4.54. The zero-order valence-electron chi connectivity index (χ0n) is 12.4. The van der Waals surface area contributed by atoms with Crippen molar-refractivity contribution in [2.45, 2.75) is 0 Å². The van der Waals surface area contributed by atoms with Crippen molar-refractivity contribution in [3.05, 3.63) is 71.1 Å². The number of carbonyl (C=O) groups is 1. The van der Waals surface area contributed by atoms with E-state index in [-0.39, 0.29) is 6.01 Å². The fourth-order valence-electron chi connectivity index (χ4n) is 1.88. The van der Waals surface area contributed by atoms with Crippen LogP contribution in [0.3, 0.4) is 0 Å². The molecule has 0 saturated carbocycles.